The van der Waals surface area contributed by atoms with E-state index in [1.54, 1.807) is 47.2 Å². The average Bonchev–Trinajstić information content (AvgIpc) is 3.60. The molecule has 1 amide bonds. The van der Waals surface area contributed by atoms with E-state index < -0.39 is 30.1 Å². The summed E-state index contributed by atoms with van der Waals surface area (Å²) in [5.41, 5.74) is 1.40. The molecule has 3 aromatic heterocycles. The van der Waals surface area contributed by atoms with Crippen LogP contribution in [0.25, 0.3) is 21.2 Å². The van der Waals surface area contributed by atoms with Crippen LogP contribution in [0.1, 0.15) is 21.3 Å². The SMILES string of the molecule is O=C(O)CN(Cc1ncccn1)C(=O)c1csc(COc2ccc(-c3cc(F)c(F)c4ccsc34)cc2)n1. The summed E-state index contributed by atoms with van der Waals surface area (Å²) >= 11 is 2.55. The predicted octanol–water partition coefficient (Wildman–Crippen LogP) is 5.40. The molecule has 0 saturated carbocycles. The molecule has 0 spiro atoms. The summed E-state index contributed by atoms with van der Waals surface area (Å²) in [6.45, 7) is -0.516. The second kappa shape index (κ2) is 11.0. The van der Waals surface area contributed by atoms with E-state index in [1.807, 2.05) is 0 Å². The van der Waals surface area contributed by atoms with Gasteiger partial charge in [-0.05, 0) is 41.3 Å². The summed E-state index contributed by atoms with van der Waals surface area (Å²) in [6, 6.07) is 11.3. The van der Waals surface area contributed by atoms with Crippen molar-refractivity contribution in [2.75, 3.05) is 6.54 Å². The third-order valence-corrected chi connectivity index (χ3v) is 7.26. The van der Waals surface area contributed by atoms with Crippen molar-refractivity contribution in [3.8, 4) is 16.9 Å². The fourth-order valence-corrected chi connectivity index (χ4v) is 5.36. The molecule has 0 unspecified atom stereocenters. The van der Waals surface area contributed by atoms with E-state index >= 15 is 0 Å². The number of amides is 1. The van der Waals surface area contributed by atoms with Crippen LogP contribution in [0.3, 0.4) is 0 Å². The highest BCUT2D eigenvalue weighted by Crippen LogP contribution is 2.36. The molecular weight excluding hydrogens is 534 g/mol. The number of aliphatic carboxylic acids is 1. The highest BCUT2D eigenvalue weighted by atomic mass is 32.1. The van der Waals surface area contributed by atoms with Crippen molar-refractivity contribution in [2.24, 2.45) is 0 Å². The van der Waals surface area contributed by atoms with Crippen molar-refractivity contribution in [3.05, 3.63) is 93.8 Å². The molecule has 0 bridgehead atoms. The minimum atomic E-state index is -1.17. The lowest BCUT2D eigenvalue weighted by Crippen LogP contribution is -2.36. The number of hydrogen-bond acceptors (Lipinski definition) is 8. The number of hydrogen-bond donors (Lipinski definition) is 1. The topological polar surface area (TPSA) is 106 Å². The fourth-order valence-electron chi connectivity index (χ4n) is 3.75. The zero-order valence-electron chi connectivity index (χ0n) is 19.5. The summed E-state index contributed by atoms with van der Waals surface area (Å²) in [7, 11) is 0. The van der Waals surface area contributed by atoms with Crippen LogP contribution in [-0.2, 0) is 17.9 Å². The molecule has 0 fully saturated rings. The van der Waals surface area contributed by atoms with Crippen LogP contribution in [0.5, 0.6) is 5.75 Å². The minimum Gasteiger partial charge on any atom is -0.486 e. The van der Waals surface area contributed by atoms with E-state index in [4.69, 9.17) is 4.74 Å². The van der Waals surface area contributed by atoms with Gasteiger partial charge >= 0.3 is 5.97 Å². The number of benzene rings is 2. The number of fused-ring (bicyclic) bond motifs is 1. The molecule has 0 aliphatic heterocycles. The molecule has 5 rings (SSSR count). The van der Waals surface area contributed by atoms with Gasteiger partial charge in [-0.1, -0.05) is 12.1 Å². The Morgan fingerprint density at radius 3 is 2.55 bits per heavy atom. The summed E-state index contributed by atoms with van der Waals surface area (Å²) in [6.07, 6.45) is 3.02. The maximum atomic E-state index is 14.1. The van der Waals surface area contributed by atoms with E-state index in [1.165, 1.54) is 41.1 Å². The first-order chi connectivity index (χ1) is 18.4. The lowest BCUT2D eigenvalue weighted by Gasteiger charge is -2.18. The van der Waals surface area contributed by atoms with Gasteiger partial charge in [-0.3, -0.25) is 9.59 Å². The van der Waals surface area contributed by atoms with Crippen LogP contribution >= 0.6 is 22.7 Å². The van der Waals surface area contributed by atoms with Crippen LogP contribution in [0, 0.1) is 11.6 Å². The molecule has 0 aliphatic carbocycles. The molecule has 12 heteroatoms. The van der Waals surface area contributed by atoms with Gasteiger partial charge in [-0.15, -0.1) is 22.7 Å². The minimum absolute atomic E-state index is 0.0720. The smallest absolute Gasteiger partial charge is 0.323 e. The Morgan fingerprint density at radius 2 is 1.82 bits per heavy atom. The van der Waals surface area contributed by atoms with Crippen molar-refractivity contribution in [3.63, 3.8) is 0 Å². The molecule has 0 radical (unpaired) electrons. The van der Waals surface area contributed by atoms with E-state index in [9.17, 15) is 23.5 Å². The Labute approximate surface area is 222 Å². The van der Waals surface area contributed by atoms with Crippen molar-refractivity contribution in [1.82, 2.24) is 19.9 Å². The summed E-state index contributed by atoms with van der Waals surface area (Å²) in [5, 5.41) is 13.3. The normalized spacial score (nSPS) is 11.0. The Morgan fingerprint density at radius 1 is 1.05 bits per heavy atom. The number of carbonyl (C=O) groups excluding carboxylic acids is 1. The summed E-state index contributed by atoms with van der Waals surface area (Å²) < 4.78 is 34.6. The second-order valence-corrected chi connectivity index (χ2v) is 9.90. The Hall–Kier alpha value is -4.29. The van der Waals surface area contributed by atoms with Gasteiger partial charge in [0.1, 0.15) is 35.4 Å². The lowest BCUT2D eigenvalue weighted by molar-refractivity contribution is -0.137. The second-order valence-electron chi connectivity index (χ2n) is 8.04. The van der Waals surface area contributed by atoms with E-state index in [-0.39, 0.29) is 24.2 Å². The number of thiazole rings is 1. The van der Waals surface area contributed by atoms with E-state index in [0.29, 0.717) is 32.4 Å². The molecular formula is C26H18F2N4O4S2. The van der Waals surface area contributed by atoms with Gasteiger partial charge in [-0.2, -0.15) is 0 Å². The molecule has 3 heterocycles. The van der Waals surface area contributed by atoms with Crippen molar-refractivity contribution < 1.29 is 28.2 Å². The number of rotatable bonds is 9. The van der Waals surface area contributed by atoms with Crippen molar-refractivity contribution in [1.29, 1.82) is 0 Å². The predicted molar refractivity (Wildman–Crippen MR) is 138 cm³/mol. The Bertz CT molecular complexity index is 1610. The van der Waals surface area contributed by atoms with Gasteiger partial charge in [0.15, 0.2) is 11.6 Å². The lowest BCUT2D eigenvalue weighted by atomic mass is 10.0. The maximum Gasteiger partial charge on any atom is 0.323 e. The molecule has 192 valence electrons. The van der Waals surface area contributed by atoms with Crippen molar-refractivity contribution >= 4 is 44.6 Å². The molecule has 2 aromatic carbocycles. The first-order valence-electron chi connectivity index (χ1n) is 11.2. The molecule has 1 N–H and O–H groups in total. The largest absolute Gasteiger partial charge is 0.486 e. The standard InChI is InChI=1S/C26H18F2N4O4S2/c27-19-10-18(25-17(24(19)28)6-9-37-25)15-2-4-16(5-3-15)36-13-22-31-20(14-38-22)26(35)32(12-23(33)34)11-21-29-7-1-8-30-21/h1-10,14H,11-13H2,(H,33,34). The third-order valence-electron chi connectivity index (χ3n) is 5.49. The first-order valence-corrected chi connectivity index (χ1v) is 12.9. The number of carboxylic acid groups (broad SMARTS) is 1. The third kappa shape index (κ3) is 5.50. The number of ether oxygens (including phenoxy) is 1. The average molecular weight is 553 g/mol. The van der Waals surface area contributed by atoms with Crippen LogP contribution in [-0.4, -0.2) is 43.4 Å². The zero-order chi connectivity index (χ0) is 26.6. The summed E-state index contributed by atoms with van der Waals surface area (Å²) in [4.78, 5) is 37.7. The number of nitrogens with zero attached hydrogens (tertiary/aromatic N) is 4. The number of aromatic nitrogens is 3. The van der Waals surface area contributed by atoms with E-state index in [2.05, 4.69) is 15.0 Å². The summed E-state index contributed by atoms with van der Waals surface area (Å²) in [5.74, 6) is -2.65. The van der Waals surface area contributed by atoms with E-state index in [0.717, 1.165) is 4.90 Å². The van der Waals surface area contributed by atoms with Crippen LogP contribution in [0.4, 0.5) is 8.78 Å². The number of carbonyl (C=O) groups is 2. The van der Waals surface area contributed by atoms with Gasteiger partial charge in [0.25, 0.3) is 5.91 Å². The van der Waals surface area contributed by atoms with Crippen molar-refractivity contribution in [2.45, 2.75) is 13.2 Å². The van der Waals surface area contributed by atoms with Crippen LogP contribution < -0.4 is 4.74 Å². The molecule has 8 nitrogen and oxygen atoms in total. The van der Waals surface area contributed by atoms with Gasteiger partial charge in [0, 0.05) is 33.4 Å². The highest BCUT2D eigenvalue weighted by Gasteiger charge is 2.22. The van der Waals surface area contributed by atoms with Gasteiger partial charge < -0.3 is 14.7 Å². The van der Waals surface area contributed by atoms with Crippen LogP contribution in [0.2, 0.25) is 0 Å². The van der Waals surface area contributed by atoms with Crippen LogP contribution in [0.15, 0.2) is 65.6 Å². The molecule has 0 saturated heterocycles. The van der Waals surface area contributed by atoms with Gasteiger partial charge in [-0.25, -0.2) is 23.7 Å². The monoisotopic (exact) mass is 552 g/mol. The highest BCUT2D eigenvalue weighted by molar-refractivity contribution is 7.17. The molecule has 0 aliphatic rings. The molecule has 38 heavy (non-hydrogen) atoms. The first kappa shape index (κ1) is 25.4. The number of halogens is 2. The Kier molecular flexibility index (Phi) is 7.33. The fraction of sp³-hybridized carbons (Fsp3) is 0.115. The number of carboxylic acids is 1. The van der Waals surface area contributed by atoms with Gasteiger partial charge in [0.05, 0.1) is 6.54 Å². The van der Waals surface area contributed by atoms with Gasteiger partial charge in [0.2, 0.25) is 0 Å². The quantitative estimate of drug-likeness (QED) is 0.261. The number of thiophene rings is 1. The molecule has 5 aromatic rings. The zero-order valence-corrected chi connectivity index (χ0v) is 21.1. The Balaban J connectivity index is 1.26. The maximum absolute atomic E-state index is 14.1. The molecule has 0 atom stereocenters.